The van der Waals surface area contributed by atoms with Crippen LogP contribution < -0.4 is 11.2 Å². The minimum atomic E-state index is -1.11. The molecule has 1 unspecified atom stereocenters. The molecule has 1 N–H and O–H groups in total. The number of alkyl halides is 1. The van der Waals surface area contributed by atoms with Crippen molar-refractivity contribution < 1.29 is 23.4 Å². The van der Waals surface area contributed by atoms with Gasteiger partial charge in [0.1, 0.15) is 24.8 Å². The molecule has 10 heteroatoms. The van der Waals surface area contributed by atoms with E-state index in [-0.39, 0.29) is 25.5 Å². The van der Waals surface area contributed by atoms with E-state index in [9.17, 15) is 18.8 Å². The Bertz CT molecular complexity index is 932. The Morgan fingerprint density at radius 2 is 2.07 bits per heavy atom. The molecule has 2 heterocycles. The standard InChI is InChI=1S/C18H18ClFN2O6/c19-7-16(23)27-10-14-13(26-9-11-4-2-1-3-5-11)6-15(28-14)22-8-12(20)17(24)21-18(22)25/h1-5,8,13-15H,6-7,9-10H2,(H,21,24,25)/t13?,14-,15-/m0/s1. The molecule has 0 aliphatic carbocycles. The van der Waals surface area contributed by atoms with Gasteiger partial charge in [-0.1, -0.05) is 30.3 Å². The van der Waals surface area contributed by atoms with Crippen LogP contribution in [0.15, 0.2) is 46.1 Å². The van der Waals surface area contributed by atoms with Crippen molar-refractivity contribution in [1.29, 1.82) is 0 Å². The lowest BCUT2D eigenvalue weighted by Gasteiger charge is -2.18. The van der Waals surface area contributed by atoms with Gasteiger partial charge in [-0.2, -0.15) is 4.39 Å². The predicted octanol–water partition coefficient (Wildman–Crippen LogP) is 1.33. The van der Waals surface area contributed by atoms with Crippen LogP contribution >= 0.6 is 11.6 Å². The Morgan fingerprint density at radius 1 is 1.32 bits per heavy atom. The van der Waals surface area contributed by atoms with Gasteiger partial charge in [-0.15, -0.1) is 11.6 Å². The van der Waals surface area contributed by atoms with E-state index in [1.165, 1.54) is 0 Å². The van der Waals surface area contributed by atoms with Crippen molar-refractivity contribution in [1.82, 2.24) is 9.55 Å². The molecule has 8 nitrogen and oxygen atoms in total. The van der Waals surface area contributed by atoms with Crippen molar-refractivity contribution in [2.45, 2.75) is 31.5 Å². The number of H-pyrrole nitrogens is 1. The maximum atomic E-state index is 13.6. The van der Waals surface area contributed by atoms with E-state index in [0.29, 0.717) is 0 Å². The van der Waals surface area contributed by atoms with Crippen molar-refractivity contribution in [3.05, 3.63) is 68.7 Å². The minimum Gasteiger partial charge on any atom is -0.462 e. The second-order valence-electron chi connectivity index (χ2n) is 6.16. The summed E-state index contributed by atoms with van der Waals surface area (Å²) in [6.07, 6.45) is -1.13. The number of ether oxygens (including phenoxy) is 3. The second kappa shape index (κ2) is 9.13. The fourth-order valence-electron chi connectivity index (χ4n) is 2.86. The van der Waals surface area contributed by atoms with E-state index in [1.807, 2.05) is 35.3 Å². The molecule has 1 aliphatic rings. The van der Waals surface area contributed by atoms with E-state index in [1.54, 1.807) is 0 Å². The first-order valence-electron chi connectivity index (χ1n) is 8.51. The summed E-state index contributed by atoms with van der Waals surface area (Å²) in [4.78, 5) is 36.5. The monoisotopic (exact) mass is 412 g/mol. The first-order chi connectivity index (χ1) is 13.5. The molecule has 0 saturated carbocycles. The third-order valence-electron chi connectivity index (χ3n) is 4.24. The van der Waals surface area contributed by atoms with E-state index < -0.39 is 41.5 Å². The van der Waals surface area contributed by atoms with E-state index in [2.05, 4.69) is 0 Å². The fourth-order valence-corrected chi connectivity index (χ4v) is 2.94. The third-order valence-corrected chi connectivity index (χ3v) is 4.46. The molecule has 1 aromatic carbocycles. The highest BCUT2D eigenvalue weighted by Gasteiger charge is 2.38. The molecule has 0 amide bonds. The van der Waals surface area contributed by atoms with Crippen molar-refractivity contribution in [3.8, 4) is 0 Å². The van der Waals surface area contributed by atoms with Crippen molar-refractivity contribution in [2.75, 3.05) is 12.5 Å². The lowest BCUT2D eigenvalue weighted by atomic mass is 10.1. The summed E-state index contributed by atoms with van der Waals surface area (Å²) in [7, 11) is 0. The molecule has 1 aromatic heterocycles. The minimum absolute atomic E-state index is 0.137. The number of aromatic amines is 1. The van der Waals surface area contributed by atoms with Gasteiger partial charge in [-0.3, -0.25) is 19.1 Å². The number of rotatable bonds is 7. The number of hydrogen-bond acceptors (Lipinski definition) is 6. The molecule has 0 bridgehead atoms. The Labute approximate surface area is 163 Å². The lowest BCUT2D eigenvalue weighted by molar-refractivity contribution is -0.148. The summed E-state index contributed by atoms with van der Waals surface area (Å²) in [6, 6.07) is 9.39. The van der Waals surface area contributed by atoms with Gasteiger partial charge in [0.25, 0.3) is 5.56 Å². The van der Waals surface area contributed by atoms with Crippen LogP contribution in [0.5, 0.6) is 0 Å². The Balaban J connectivity index is 1.75. The van der Waals surface area contributed by atoms with Crippen LogP contribution in [0.2, 0.25) is 0 Å². The topological polar surface area (TPSA) is 99.6 Å². The molecule has 1 aliphatic heterocycles. The quantitative estimate of drug-likeness (QED) is 0.544. The van der Waals surface area contributed by atoms with Gasteiger partial charge in [0.2, 0.25) is 5.82 Å². The average Bonchev–Trinajstić information content (AvgIpc) is 3.10. The Morgan fingerprint density at radius 3 is 2.79 bits per heavy atom. The van der Waals surface area contributed by atoms with Gasteiger partial charge in [-0.05, 0) is 5.56 Å². The summed E-state index contributed by atoms with van der Waals surface area (Å²) in [5, 5.41) is 0. The number of halogens is 2. The van der Waals surface area contributed by atoms with E-state index in [0.717, 1.165) is 16.3 Å². The van der Waals surface area contributed by atoms with E-state index >= 15 is 0 Å². The normalized spacial score (nSPS) is 21.6. The highest BCUT2D eigenvalue weighted by molar-refractivity contribution is 6.26. The number of esters is 1. The van der Waals surface area contributed by atoms with Crippen LogP contribution in [-0.2, 0) is 25.6 Å². The molecular weight excluding hydrogens is 395 g/mol. The zero-order chi connectivity index (χ0) is 20.1. The van der Waals surface area contributed by atoms with E-state index in [4.69, 9.17) is 25.8 Å². The SMILES string of the molecule is O=C(CCl)OC[C@@H]1O[C@H](n2cc(F)c(=O)[nH]c2=O)CC1OCc1ccccc1. The highest BCUT2D eigenvalue weighted by atomic mass is 35.5. The molecule has 1 saturated heterocycles. The average molecular weight is 413 g/mol. The molecule has 28 heavy (non-hydrogen) atoms. The van der Waals surface area contributed by atoms with Crippen LogP contribution in [0.4, 0.5) is 4.39 Å². The van der Waals surface area contributed by atoms with Gasteiger partial charge in [0.15, 0.2) is 0 Å². The molecular formula is C18H18ClFN2O6. The van der Waals surface area contributed by atoms with Gasteiger partial charge >= 0.3 is 11.7 Å². The molecule has 0 radical (unpaired) electrons. The number of carbonyl (C=O) groups is 1. The predicted molar refractivity (Wildman–Crippen MR) is 96.5 cm³/mol. The number of hydrogen-bond donors (Lipinski definition) is 1. The van der Waals surface area contributed by atoms with Crippen molar-refractivity contribution in [2.24, 2.45) is 0 Å². The van der Waals surface area contributed by atoms with Crippen LogP contribution in [0.25, 0.3) is 0 Å². The number of aromatic nitrogens is 2. The maximum absolute atomic E-state index is 13.6. The fraction of sp³-hybridized carbons (Fsp3) is 0.389. The van der Waals surface area contributed by atoms with Crippen LogP contribution in [0.3, 0.4) is 0 Å². The van der Waals surface area contributed by atoms with Crippen molar-refractivity contribution >= 4 is 17.6 Å². The number of carbonyl (C=O) groups excluding carboxylic acids is 1. The smallest absolute Gasteiger partial charge is 0.330 e. The third kappa shape index (κ3) is 4.86. The number of nitrogens with one attached hydrogen (secondary N) is 1. The zero-order valence-electron chi connectivity index (χ0n) is 14.7. The van der Waals surface area contributed by atoms with Gasteiger partial charge in [0.05, 0.1) is 18.9 Å². The number of benzene rings is 1. The Kier molecular flexibility index (Phi) is 6.61. The summed E-state index contributed by atoms with van der Waals surface area (Å²) in [6.45, 7) is 0.137. The molecule has 3 atom stereocenters. The van der Waals surface area contributed by atoms with Crippen molar-refractivity contribution in [3.63, 3.8) is 0 Å². The van der Waals surface area contributed by atoms with Crippen LogP contribution in [0.1, 0.15) is 18.2 Å². The lowest BCUT2D eigenvalue weighted by Crippen LogP contribution is -2.34. The van der Waals surface area contributed by atoms with Gasteiger partial charge in [-0.25, -0.2) is 4.79 Å². The van der Waals surface area contributed by atoms with Crippen LogP contribution in [0, 0.1) is 5.82 Å². The van der Waals surface area contributed by atoms with Crippen LogP contribution in [-0.4, -0.2) is 40.2 Å². The Hall–Kier alpha value is -2.49. The molecule has 0 spiro atoms. The molecule has 3 rings (SSSR count). The molecule has 150 valence electrons. The molecule has 1 fully saturated rings. The first-order valence-corrected chi connectivity index (χ1v) is 9.05. The summed E-state index contributed by atoms with van der Waals surface area (Å²) < 4.78 is 31.2. The summed E-state index contributed by atoms with van der Waals surface area (Å²) in [5.41, 5.74) is -0.991. The second-order valence-corrected chi connectivity index (χ2v) is 6.43. The largest absolute Gasteiger partial charge is 0.462 e. The molecule has 2 aromatic rings. The van der Waals surface area contributed by atoms with Gasteiger partial charge < -0.3 is 14.2 Å². The number of nitrogens with zero attached hydrogens (tertiary/aromatic N) is 1. The maximum Gasteiger partial charge on any atom is 0.330 e. The first kappa shape index (κ1) is 20.2. The zero-order valence-corrected chi connectivity index (χ0v) is 15.4. The summed E-state index contributed by atoms with van der Waals surface area (Å²) >= 11 is 5.43. The van der Waals surface area contributed by atoms with Gasteiger partial charge in [0, 0.05) is 6.42 Å². The highest BCUT2D eigenvalue weighted by Crippen LogP contribution is 2.30. The summed E-state index contributed by atoms with van der Waals surface area (Å²) in [5.74, 6) is -2.04.